The first-order chi connectivity index (χ1) is 14.9. The maximum atomic E-state index is 12.8. The van der Waals surface area contributed by atoms with Gasteiger partial charge in [0.2, 0.25) is 6.79 Å². The Bertz CT molecular complexity index is 1190. The first-order valence-corrected chi connectivity index (χ1v) is 10.7. The van der Waals surface area contributed by atoms with E-state index in [1.54, 1.807) is 41.8 Å². The van der Waals surface area contributed by atoms with Crippen LogP contribution in [0.5, 0.6) is 17.2 Å². The van der Waals surface area contributed by atoms with Crippen LogP contribution in [0.15, 0.2) is 41.4 Å². The maximum absolute atomic E-state index is 12.8. The topological polar surface area (TPSA) is 88.4 Å². The molecule has 2 aromatic carbocycles. The molecule has 0 unspecified atom stereocenters. The zero-order valence-corrected chi connectivity index (χ0v) is 18.2. The summed E-state index contributed by atoms with van der Waals surface area (Å²) < 4.78 is 24.1. The average Bonchev–Trinajstić information content (AvgIpc) is 3.30. The van der Waals surface area contributed by atoms with Gasteiger partial charge in [0.1, 0.15) is 12.3 Å². The summed E-state index contributed by atoms with van der Waals surface area (Å²) >= 11 is 1.29. The fourth-order valence-electron chi connectivity index (χ4n) is 3.13. The van der Waals surface area contributed by atoms with E-state index in [4.69, 9.17) is 18.9 Å². The van der Waals surface area contributed by atoms with E-state index in [0.717, 1.165) is 10.2 Å². The number of rotatable bonds is 6. The van der Waals surface area contributed by atoms with Gasteiger partial charge in [-0.1, -0.05) is 11.3 Å². The number of esters is 1. The Morgan fingerprint density at radius 2 is 1.87 bits per heavy atom. The molecule has 0 radical (unpaired) electrons. The molecule has 2 heterocycles. The number of aromatic nitrogens is 1. The third-order valence-corrected chi connectivity index (χ3v) is 5.48. The molecular weight excluding hydrogens is 420 g/mol. The van der Waals surface area contributed by atoms with Gasteiger partial charge in [0.25, 0.3) is 5.91 Å². The molecular formula is C22H22N2O6S. The molecule has 1 amide bonds. The van der Waals surface area contributed by atoms with Crippen molar-refractivity contribution in [2.24, 2.45) is 4.99 Å². The molecule has 162 valence electrons. The number of hydrogen-bond donors (Lipinski definition) is 0. The molecule has 0 N–H and O–H groups in total. The molecule has 4 rings (SSSR count). The van der Waals surface area contributed by atoms with Crippen molar-refractivity contribution in [2.75, 3.05) is 13.4 Å². The van der Waals surface area contributed by atoms with Crippen molar-refractivity contribution in [1.82, 2.24) is 4.57 Å². The van der Waals surface area contributed by atoms with Gasteiger partial charge in [-0.15, -0.1) is 0 Å². The van der Waals surface area contributed by atoms with Crippen LogP contribution in [0.1, 0.15) is 31.1 Å². The van der Waals surface area contributed by atoms with Crippen LogP contribution in [0.3, 0.4) is 0 Å². The van der Waals surface area contributed by atoms with Crippen LogP contribution >= 0.6 is 11.3 Å². The van der Waals surface area contributed by atoms with Crippen LogP contribution in [0.25, 0.3) is 10.2 Å². The largest absolute Gasteiger partial charge is 0.491 e. The van der Waals surface area contributed by atoms with Crippen molar-refractivity contribution in [2.45, 2.75) is 33.4 Å². The van der Waals surface area contributed by atoms with E-state index in [1.165, 1.54) is 11.3 Å². The number of fused-ring (bicyclic) bond motifs is 2. The van der Waals surface area contributed by atoms with Crippen molar-refractivity contribution >= 4 is 33.4 Å². The lowest BCUT2D eigenvalue weighted by molar-refractivity contribution is -0.143. The van der Waals surface area contributed by atoms with Crippen LogP contribution in [0, 0.1) is 0 Å². The first-order valence-electron chi connectivity index (χ1n) is 9.89. The first kappa shape index (κ1) is 20.9. The summed E-state index contributed by atoms with van der Waals surface area (Å²) in [6.07, 6.45) is 0.0428. The number of carbonyl (C=O) groups is 2. The van der Waals surface area contributed by atoms with Crippen LogP contribution < -0.4 is 19.0 Å². The fraction of sp³-hybridized carbons (Fsp3) is 0.318. The van der Waals surface area contributed by atoms with E-state index >= 15 is 0 Å². The normalized spacial score (nSPS) is 13.1. The lowest BCUT2D eigenvalue weighted by atomic mass is 10.2. The minimum Gasteiger partial charge on any atom is -0.491 e. The Morgan fingerprint density at radius 1 is 1.16 bits per heavy atom. The molecule has 8 nitrogen and oxygen atoms in total. The molecule has 0 aliphatic carbocycles. The second kappa shape index (κ2) is 8.81. The van der Waals surface area contributed by atoms with E-state index in [1.807, 2.05) is 19.9 Å². The predicted molar refractivity (Wildman–Crippen MR) is 115 cm³/mol. The molecule has 1 aromatic heterocycles. The Kier molecular flexibility index (Phi) is 5.94. The van der Waals surface area contributed by atoms with Crippen LogP contribution in [-0.4, -0.2) is 35.9 Å². The van der Waals surface area contributed by atoms with Gasteiger partial charge >= 0.3 is 5.97 Å². The number of nitrogens with zero attached hydrogens (tertiary/aromatic N) is 2. The van der Waals surface area contributed by atoms with Crippen molar-refractivity contribution in [1.29, 1.82) is 0 Å². The minimum atomic E-state index is -0.416. The molecule has 3 aromatic rings. The smallest absolute Gasteiger partial charge is 0.326 e. The Balaban J connectivity index is 1.73. The molecule has 0 bridgehead atoms. The summed E-state index contributed by atoms with van der Waals surface area (Å²) in [5, 5.41) is 0. The maximum Gasteiger partial charge on any atom is 0.326 e. The second-order valence-electron chi connectivity index (χ2n) is 7.06. The van der Waals surface area contributed by atoms with Crippen LogP contribution in [0.2, 0.25) is 0 Å². The molecule has 31 heavy (non-hydrogen) atoms. The van der Waals surface area contributed by atoms with Crippen molar-refractivity contribution in [3.63, 3.8) is 0 Å². The van der Waals surface area contributed by atoms with Gasteiger partial charge in [-0.2, -0.15) is 4.99 Å². The van der Waals surface area contributed by atoms with Gasteiger partial charge < -0.3 is 23.5 Å². The summed E-state index contributed by atoms with van der Waals surface area (Å²) in [6, 6.07) is 10.4. The third-order valence-electron chi connectivity index (χ3n) is 4.44. The van der Waals surface area contributed by atoms with E-state index in [0.29, 0.717) is 27.6 Å². The molecule has 0 spiro atoms. The molecule has 0 fully saturated rings. The Labute approximate surface area is 182 Å². The highest BCUT2D eigenvalue weighted by atomic mass is 32.1. The van der Waals surface area contributed by atoms with Gasteiger partial charge in [-0.25, -0.2) is 0 Å². The van der Waals surface area contributed by atoms with Gasteiger partial charge in [-0.05, 0) is 45.0 Å². The molecule has 0 saturated heterocycles. The lowest BCUT2D eigenvalue weighted by Gasteiger charge is -2.09. The summed E-state index contributed by atoms with van der Waals surface area (Å²) in [5.74, 6) is 1.06. The number of carbonyl (C=O) groups excluding carboxylic acids is 2. The Hall–Kier alpha value is -3.33. The fourth-order valence-corrected chi connectivity index (χ4v) is 4.17. The summed E-state index contributed by atoms with van der Waals surface area (Å²) in [6.45, 7) is 5.96. The third kappa shape index (κ3) is 4.56. The number of benzene rings is 2. The zero-order chi connectivity index (χ0) is 22.0. The summed E-state index contributed by atoms with van der Waals surface area (Å²) in [4.78, 5) is 29.7. The van der Waals surface area contributed by atoms with Crippen molar-refractivity contribution < 1.29 is 28.5 Å². The minimum absolute atomic E-state index is 0.0428. The highest BCUT2D eigenvalue weighted by Gasteiger charge is 2.19. The molecule has 0 atom stereocenters. The van der Waals surface area contributed by atoms with Crippen LogP contribution in [-0.2, 0) is 16.1 Å². The van der Waals surface area contributed by atoms with E-state index < -0.39 is 11.9 Å². The van der Waals surface area contributed by atoms with Crippen molar-refractivity contribution in [3.8, 4) is 17.2 Å². The number of ether oxygens (including phenoxy) is 4. The SMILES string of the molecule is CCOC(=O)Cn1c(=NC(=O)c2ccc(OC(C)C)cc2)sc2cc3c(cc21)OCO3. The lowest BCUT2D eigenvalue weighted by Crippen LogP contribution is -2.23. The van der Waals surface area contributed by atoms with E-state index in [2.05, 4.69) is 4.99 Å². The molecule has 1 aliphatic heterocycles. The predicted octanol–water partition coefficient (Wildman–Crippen LogP) is 3.52. The average molecular weight is 442 g/mol. The highest BCUT2D eigenvalue weighted by Crippen LogP contribution is 2.37. The molecule has 1 aliphatic rings. The second-order valence-corrected chi connectivity index (χ2v) is 8.07. The van der Waals surface area contributed by atoms with E-state index in [9.17, 15) is 9.59 Å². The standard InChI is InChI=1S/C22H22N2O6S/c1-4-27-20(25)11-24-16-9-17-18(29-12-28-17)10-19(16)31-22(24)23-21(26)14-5-7-15(8-6-14)30-13(2)3/h5-10,13H,4,11-12H2,1-3H3. The molecule has 0 saturated carbocycles. The van der Waals surface area contributed by atoms with Crippen molar-refractivity contribution in [3.05, 3.63) is 46.8 Å². The summed E-state index contributed by atoms with van der Waals surface area (Å²) in [5.41, 5.74) is 1.14. The monoisotopic (exact) mass is 442 g/mol. The Morgan fingerprint density at radius 3 is 2.55 bits per heavy atom. The quantitative estimate of drug-likeness (QED) is 0.543. The van der Waals surface area contributed by atoms with E-state index in [-0.39, 0.29) is 26.0 Å². The number of hydrogen-bond acceptors (Lipinski definition) is 7. The number of thiazole rings is 1. The van der Waals surface area contributed by atoms with Gasteiger partial charge in [-0.3, -0.25) is 9.59 Å². The zero-order valence-electron chi connectivity index (χ0n) is 17.4. The van der Waals surface area contributed by atoms with Gasteiger partial charge in [0, 0.05) is 17.7 Å². The van der Waals surface area contributed by atoms with Crippen LogP contribution in [0.4, 0.5) is 0 Å². The highest BCUT2D eigenvalue weighted by molar-refractivity contribution is 7.16. The van der Waals surface area contributed by atoms with Gasteiger partial charge in [0.15, 0.2) is 16.3 Å². The van der Waals surface area contributed by atoms with Gasteiger partial charge in [0.05, 0.1) is 22.9 Å². The number of amides is 1. The summed E-state index contributed by atoms with van der Waals surface area (Å²) in [7, 11) is 0. The molecule has 9 heteroatoms.